The molecule has 0 aliphatic rings. The van der Waals surface area contributed by atoms with Gasteiger partial charge in [-0.05, 0) is 104 Å². The van der Waals surface area contributed by atoms with Crippen molar-refractivity contribution in [2.75, 3.05) is 0 Å². The molecule has 56 heavy (non-hydrogen) atoms. The predicted octanol–water partition coefficient (Wildman–Crippen LogP) is 14.7. The molecule has 0 N–H and O–H groups in total. The second kappa shape index (κ2) is 12.0. The topological polar surface area (TPSA) is 9.86 Å². The summed E-state index contributed by atoms with van der Waals surface area (Å²) in [6.07, 6.45) is 0. The van der Waals surface area contributed by atoms with Gasteiger partial charge in [0.25, 0.3) is 0 Å². The van der Waals surface area contributed by atoms with Crippen molar-refractivity contribution in [2.24, 2.45) is 0 Å². The molecule has 0 amide bonds. The Bertz CT molecular complexity index is 3530. The van der Waals surface area contributed by atoms with E-state index in [1.807, 2.05) is 0 Å². The highest BCUT2D eigenvalue weighted by molar-refractivity contribution is 6.21. The third kappa shape index (κ3) is 4.57. The second-order valence-corrected chi connectivity index (χ2v) is 14.9. The van der Waals surface area contributed by atoms with Crippen molar-refractivity contribution in [1.82, 2.24) is 9.13 Å². The van der Waals surface area contributed by atoms with E-state index in [-0.39, 0.29) is 0 Å². The maximum Gasteiger partial charge on any atom is 0.0547 e. The normalized spacial score (nSPS) is 11.9. The molecule has 12 aromatic rings. The van der Waals surface area contributed by atoms with Crippen LogP contribution in [0.25, 0.3) is 110 Å². The number of para-hydroxylation sites is 2. The summed E-state index contributed by atoms with van der Waals surface area (Å²) in [4.78, 5) is 0. The second-order valence-electron chi connectivity index (χ2n) is 14.9. The fourth-order valence-electron chi connectivity index (χ4n) is 9.32. The summed E-state index contributed by atoms with van der Waals surface area (Å²) in [6.45, 7) is 0. The van der Waals surface area contributed by atoms with E-state index in [1.54, 1.807) is 0 Å². The van der Waals surface area contributed by atoms with Gasteiger partial charge in [-0.1, -0.05) is 152 Å². The number of aromatic nitrogens is 2. The Balaban J connectivity index is 1.06. The number of rotatable bonds is 4. The molecule has 2 heteroatoms. The zero-order valence-electron chi connectivity index (χ0n) is 30.5. The molecule has 0 radical (unpaired) electrons. The quantitative estimate of drug-likeness (QED) is 0.161. The molecule has 260 valence electrons. The van der Waals surface area contributed by atoms with Gasteiger partial charge >= 0.3 is 0 Å². The van der Waals surface area contributed by atoms with Gasteiger partial charge < -0.3 is 9.13 Å². The van der Waals surface area contributed by atoms with E-state index < -0.39 is 0 Å². The summed E-state index contributed by atoms with van der Waals surface area (Å²) in [6, 6.07) is 75.8. The molecule has 2 aromatic heterocycles. The van der Waals surface area contributed by atoms with Crippen LogP contribution in [-0.4, -0.2) is 9.13 Å². The molecular weight excluding hydrogens is 677 g/mol. The summed E-state index contributed by atoms with van der Waals surface area (Å²) in [7, 11) is 0. The van der Waals surface area contributed by atoms with Crippen LogP contribution in [-0.2, 0) is 0 Å². The minimum atomic E-state index is 1.16. The molecule has 0 bridgehead atoms. The van der Waals surface area contributed by atoms with Crippen LogP contribution in [0.5, 0.6) is 0 Å². The van der Waals surface area contributed by atoms with Crippen LogP contribution in [0.3, 0.4) is 0 Å². The summed E-state index contributed by atoms with van der Waals surface area (Å²) in [5.74, 6) is 0. The fourth-order valence-corrected chi connectivity index (χ4v) is 9.32. The summed E-state index contributed by atoms with van der Waals surface area (Å²) >= 11 is 0. The lowest BCUT2D eigenvalue weighted by Gasteiger charge is -2.15. The van der Waals surface area contributed by atoms with E-state index in [1.165, 1.54) is 104 Å². The Hall–Kier alpha value is -7.42. The SMILES string of the molecule is c1ccc(-c2cccc(-n3c4ccccc4c4cc(-c5ccc6c(c5)c5ccccc5n6-c5cc6c7ccccc7ccc6c6ccccc56)ccc43)c2)cc1. The molecule has 0 atom stereocenters. The molecule has 0 saturated heterocycles. The molecule has 0 fully saturated rings. The van der Waals surface area contributed by atoms with Crippen molar-refractivity contribution in [3.05, 3.63) is 206 Å². The molecule has 0 unspecified atom stereocenters. The lowest BCUT2D eigenvalue weighted by atomic mass is 9.95. The molecular formula is C54H34N2. The highest BCUT2D eigenvalue weighted by Gasteiger charge is 2.19. The fraction of sp³-hybridized carbons (Fsp3) is 0. The van der Waals surface area contributed by atoms with Gasteiger partial charge in [0.15, 0.2) is 0 Å². The maximum absolute atomic E-state index is 2.48. The highest BCUT2D eigenvalue weighted by Crippen LogP contribution is 2.42. The molecule has 2 nitrogen and oxygen atoms in total. The molecule has 0 aliphatic heterocycles. The standard InChI is InChI=1S/C54H34N2/c1-2-13-35(14-3-1)37-16-12-17-40(31-37)55-50-23-10-8-21-45(50)48-32-38(26-29-52(48)55)39-27-30-53-49(33-39)46-22-9-11-24-51(46)56(53)54-34-47-41-18-5-4-15-36(41)25-28-43(47)42-19-6-7-20-44(42)54/h1-34H. The van der Waals surface area contributed by atoms with Crippen LogP contribution < -0.4 is 0 Å². The number of fused-ring (bicyclic) bond motifs is 11. The Morgan fingerprint density at radius 1 is 0.232 bits per heavy atom. The lowest BCUT2D eigenvalue weighted by Crippen LogP contribution is -1.96. The first-order valence-corrected chi connectivity index (χ1v) is 19.3. The van der Waals surface area contributed by atoms with E-state index in [4.69, 9.17) is 0 Å². The average Bonchev–Trinajstić information content (AvgIpc) is 3.78. The van der Waals surface area contributed by atoms with Gasteiger partial charge in [0, 0.05) is 32.6 Å². The first-order valence-electron chi connectivity index (χ1n) is 19.3. The summed E-state index contributed by atoms with van der Waals surface area (Å²) in [5, 5.41) is 12.6. The molecule has 0 spiro atoms. The minimum Gasteiger partial charge on any atom is -0.309 e. The van der Waals surface area contributed by atoms with Crippen LogP contribution >= 0.6 is 0 Å². The van der Waals surface area contributed by atoms with E-state index in [2.05, 4.69) is 215 Å². The number of hydrogen-bond acceptors (Lipinski definition) is 0. The van der Waals surface area contributed by atoms with Crippen LogP contribution in [0, 0.1) is 0 Å². The molecule has 10 aromatic carbocycles. The minimum absolute atomic E-state index is 1.16. The highest BCUT2D eigenvalue weighted by atomic mass is 15.0. The van der Waals surface area contributed by atoms with Crippen molar-refractivity contribution in [3.63, 3.8) is 0 Å². The molecule has 2 heterocycles. The maximum atomic E-state index is 2.48. The first kappa shape index (κ1) is 31.0. The number of hydrogen-bond donors (Lipinski definition) is 0. The Kier molecular flexibility index (Phi) is 6.66. The van der Waals surface area contributed by atoms with E-state index in [0.29, 0.717) is 0 Å². The van der Waals surface area contributed by atoms with Gasteiger partial charge in [-0.2, -0.15) is 0 Å². The number of nitrogens with zero attached hydrogens (tertiary/aromatic N) is 2. The summed E-state index contributed by atoms with van der Waals surface area (Å²) < 4.78 is 4.90. The van der Waals surface area contributed by atoms with Gasteiger partial charge in [0.2, 0.25) is 0 Å². The smallest absolute Gasteiger partial charge is 0.0547 e. The monoisotopic (exact) mass is 710 g/mol. The molecule has 0 saturated carbocycles. The van der Waals surface area contributed by atoms with Crippen LogP contribution in [0.1, 0.15) is 0 Å². The van der Waals surface area contributed by atoms with Crippen LogP contribution in [0.4, 0.5) is 0 Å². The number of benzene rings is 10. The Morgan fingerprint density at radius 2 is 0.750 bits per heavy atom. The van der Waals surface area contributed by atoms with Crippen molar-refractivity contribution >= 4 is 75.9 Å². The van der Waals surface area contributed by atoms with Gasteiger partial charge in [-0.25, -0.2) is 0 Å². The summed E-state index contributed by atoms with van der Waals surface area (Å²) in [5.41, 5.74) is 12.0. The van der Waals surface area contributed by atoms with Crippen molar-refractivity contribution < 1.29 is 0 Å². The van der Waals surface area contributed by atoms with Crippen LogP contribution in [0.2, 0.25) is 0 Å². The van der Waals surface area contributed by atoms with Crippen LogP contribution in [0.15, 0.2) is 206 Å². The van der Waals surface area contributed by atoms with Crippen molar-refractivity contribution in [3.8, 4) is 33.6 Å². The third-order valence-electron chi connectivity index (χ3n) is 11.9. The van der Waals surface area contributed by atoms with Gasteiger partial charge in [0.05, 0.1) is 27.8 Å². The molecule has 0 aliphatic carbocycles. The van der Waals surface area contributed by atoms with Crippen molar-refractivity contribution in [1.29, 1.82) is 0 Å². The first-order chi connectivity index (χ1) is 27.8. The van der Waals surface area contributed by atoms with E-state index in [9.17, 15) is 0 Å². The van der Waals surface area contributed by atoms with Gasteiger partial charge in [-0.15, -0.1) is 0 Å². The van der Waals surface area contributed by atoms with Crippen molar-refractivity contribution in [2.45, 2.75) is 0 Å². The zero-order chi connectivity index (χ0) is 36.7. The largest absolute Gasteiger partial charge is 0.309 e. The Morgan fingerprint density at radius 3 is 1.48 bits per heavy atom. The average molecular weight is 711 g/mol. The lowest BCUT2D eigenvalue weighted by molar-refractivity contribution is 1.18. The van der Waals surface area contributed by atoms with E-state index in [0.717, 1.165) is 5.69 Å². The Labute approximate surface area is 323 Å². The molecule has 12 rings (SSSR count). The van der Waals surface area contributed by atoms with Gasteiger partial charge in [0.1, 0.15) is 0 Å². The zero-order valence-corrected chi connectivity index (χ0v) is 30.5. The third-order valence-corrected chi connectivity index (χ3v) is 11.9. The van der Waals surface area contributed by atoms with Gasteiger partial charge in [-0.3, -0.25) is 0 Å². The predicted molar refractivity (Wildman–Crippen MR) is 239 cm³/mol. The van der Waals surface area contributed by atoms with E-state index >= 15 is 0 Å².